The highest BCUT2D eigenvalue weighted by Gasteiger charge is 2.67. The molecule has 37 heavy (non-hydrogen) atoms. The lowest BCUT2D eigenvalue weighted by molar-refractivity contribution is -0.159. The summed E-state index contributed by atoms with van der Waals surface area (Å²) in [6.07, 6.45) is -1.73. The summed E-state index contributed by atoms with van der Waals surface area (Å²) in [5.41, 5.74) is 1.24. The lowest BCUT2D eigenvalue weighted by atomic mass is 9.56. The predicted molar refractivity (Wildman–Crippen MR) is 129 cm³/mol. The van der Waals surface area contributed by atoms with Crippen LogP contribution in [0.2, 0.25) is 0 Å². The molecule has 198 valence electrons. The molecule has 0 saturated heterocycles. The molecule has 0 saturated carbocycles. The molecule has 0 radical (unpaired) electrons. The fraction of sp³-hybridized carbons (Fsp3) is 0.400. The van der Waals surface area contributed by atoms with Gasteiger partial charge in [-0.25, -0.2) is 0 Å². The SMILES string of the molecule is C=C1c2ccc(CN(C)OC)c(O)c2C(=O)C2=C(O)[C@]3(O)C(=O)C(C(N)=O)=C(O)[C@@H](N(C)C)[C@@H]3[C@@H](O)[C@H]12. The molecular formula is C25H29N3O9. The van der Waals surface area contributed by atoms with Crippen LogP contribution in [0, 0.1) is 11.8 Å². The van der Waals surface area contributed by atoms with Gasteiger partial charge in [0.05, 0.1) is 42.9 Å². The summed E-state index contributed by atoms with van der Waals surface area (Å²) in [6, 6.07) is 1.75. The van der Waals surface area contributed by atoms with E-state index in [0.717, 1.165) is 0 Å². The van der Waals surface area contributed by atoms with Crippen LogP contribution >= 0.6 is 0 Å². The van der Waals surface area contributed by atoms with E-state index in [9.17, 15) is 39.9 Å². The molecule has 0 fully saturated rings. The van der Waals surface area contributed by atoms with Crippen molar-refractivity contribution in [2.24, 2.45) is 17.6 Å². The number of hydroxylamine groups is 2. The molecular weight excluding hydrogens is 486 g/mol. The number of hydrogen-bond donors (Lipinski definition) is 6. The fourth-order valence-electron chi connectivity index (χ4n) is 5.73. The Bertz CT molecular complexity index is 1310. The number of amides is 1. The average Bonchev–Trinajstić information content (AvgIpc) is 2.82. The number of benzene rings is 1. The molecule has 3 aliphatic rings. The second-order valence-electron chi connectivity index (χ2n) is 9.70. The number of primary amides is 1. The molecule has 0 aromatic heterocycles. The summed E-state index contributed by atoms with van der Waals surface area (Å²) < 4.78 is 0. The van der Waals surface area contributed by atoms with Gasteiger partial charge in [0, 0.05) is 18.5 Å². The Balaban J connectivity index is 2.00. The van der Waals surface area contributed by atoms with Gasteiger partial charge in [-0.05, 0) is 25.2 Å². The van der Waals surface area contributed by atoms with E-state index in [1.54, 1.807) is 13.1 Å². The van der Waals surface area contributed by atoms with Crippen LogP contribution in [-0.4, -0.2) is 99.0 Å². The molecule has 1 amide bonds. The van der Waals surface area contributed by atoms with Crippen molar-refractivity contribution in [3.05, 3.63) is 58.1 Å². The van der Waals surface area contributed by atoms with Crippen LogP contribution in [0.25, 0.3) is 5.57 Å². The Morgan fingerprint density at radius 2 is 1.81 bits per heavy atom. The summed E-state index contributed by atoms with van der Waals surface area (Å²) in [6.45, 7) is 4.08. The van der Waals surface area contributed by atoms with Crippen LogP contribution in [0.5, 0.6) is 5.75 Å². The summed E-state index contributed by atoms with van der Waals surface area (Å²) in [5.74, 6) is -8.96. The van der Waals surface area contributed by atoms with Crippen LogP contribution in [0.4, 0.5) is 0 Å². The summed E-state index contributed by atoms with van der Waals surface area (Å²) >= 11 is 0. The minimum Gasteiger partial charge on any atom is -0.510 e. The molecule has 1 aromatic rings. The molecule has 3 aliphatic carbocycles. The maximum absolute atomic E-state index is 13.7. The number of aromatic hydroxyl groups is 1. The number of aliphatic hydroxyl groups is 4. The minimum absolute atomic E-state index is 0.0908. The van der Waals surface area contributed by atoms with E-state index in [2.05, 4.69) is 6.58 Å². The topological polar surface area (TPSA) is 194 Å². The van der Waals surface area contributed by atoms with Crippen LogP contribution in [-0.2, 0) is 21.0 Å². The molecule has 0 unspecified atom stereocenters. The van der Waals surface area contributed by atoms with Crippen molar-refractivity contribution in [3.63, 3.8) is 0 Å². The zero-order valence-electron chi connectivity index (χ0n) is 20.7. The van der Waals surface area contributed by atoms with Crippen LogP contribution < -0.4 is 5.73 Å². The van der Waals surface area contributed by atoms with Gasteiger partial charge in [0.25, 0.3) is 5.91 Å². The first-order valence-electron chi connectivity index (χ1n) is 11.3. The highest BCUT2D eigenvalue weighted by atomic mass is 16.7. The van der Waals surface area contributed by atoms with Gasteiger partial charge in [-0.1, -0.05) is 18.7 Å². The van der Waals surface area contributed by atoms with E-state index in [0.29, 0.717) is 5.56 Å². The van der Waals surface area contributed by atoms with Crippen LogP contribution in [0.15, 0.2) is 41.4 Å². The molecule has 1 aromatic carbocycles. The predicted octanol–water partition coefficient (Wildman–Crippen LogP) is -0.445. The number of phenols is 1. The van der Waals surface area contributed by atoms with Crippen molar-refractivity contribution in [1.82, 2.24) is 9.96 Å². The van der Waals surface area contributed by atoms with E-state index in [1.807, 2.05) is 0 Å². The molecule has 12 nitrogen and oxygen atoms in total. The normalized spacial score (nSPS) is 29.6. The first-order chi connectivity index (χ1) is 17.2. The number of rotatable bonds is 5. The summed E-state index contributed by atoms with van der Waals surface area (Å²) in [4.78, 5) is 45.6. The van der Waals surface area contributed by atoms with Crippen molar-refractivity contribution >= 4 is 23.0 Å². The molecule has 4 rings (SSSR count). The highest BCUT2D eigenvalue weighted by molar-refractivity contribution is 6.25. The largest absolute Gasteiger partial charge is 0.510 e. The van der Waals surface area contributed by atoms with E-state index in [4.69, 9.17) is 10.6 Å². The van der Waals surface area contributed by atoms with Gasteiger partial charge in [-0.3, -0.25) is 19.3 Å². The maximum atomic E-state index is 13.7. The van der Waals surface area contributed by atoms with Gasteiger partial charge in [0.15, 0.2) is 11.4 Å². The second-order valence-corrected chi connectivity index (χ2v) is 9.70. The number of carbonyl (C=O) groups excluding carboxylic acids is 3. The first-order valence-corrected chi connectivity index (χ1v) is 11.3. The highest BCUT2D eigenvalue weighted by Crippen LogP contribution is 2.55. The number of likely N-dealkylation sites (N-methyl/N-ethyl adjacent to an activating group) is 1. The van der Waals surface area contributed by atoms with Crippen molar-refractivity contribution in [1.29, 1.82) is 0 Å². The number of nitrogens with two attached hydrogens (primary N) is 1. The number of carbonyl (C=O) groups is 3. The Morgan fingerprint density at radius 3 is 2.35 bits per heavy atom. The molecule has 0 heterocycles. The number of Topliss-reactive ketones (excluding diaryl/α,β-unsaturated/α-hetero) is 2. The number of aliphatic hydroxyl groups excluding tert-OH is 3. The van der Waals surface area contributed by atoms with Gasteiger partial charge in [0.1, 0.15) is 22.8 Å². The smallest absolute Gasteiger partial charge is 0.255 e. The minimum atomic E-state index is -2.98. The number of nitrogens with zero attached hydrogens (tertiary/aromatic N) is 2. The summed E-state index contributed by atoms with van der Waals surface area (Å²) in [7, 11) is 5.95. The molecule has 0 bridgehead atoms. The van der Waals surface area contributed by atoms with Crippen molar-refractivity contribution in [2.75, 3.05) is 28.3 Å². The Hall–Kier alpha value is -3.55. The number of phenolic OH excluding ortho intramolecular Hbond substituents is 1. The van der Waals surface area contributed by atoms with E-state index < -0.39 is 75.5 Å². The quantitative estimate of drug-likeness (QED) is 0.220. The molecule has 0 aliphatic heterocycles. The average molecular weight is 516 g/mol. The zero-order valence-corrected chi connectivity index (χ0v) is 20.7. The van der Waals surface area contributed by atoms with Gasteiger partial charge < -0.3 is 36.1 Å². The first kappa shape index (κ1) is 26.5. The monoisotopic (exact) mass is 515 g/mol. The third kappa shape index (κ3) is 3.45. The summed E-state index contributed by atoms with van der Waals surface area (Å²) in [5, 5.41) is 57.7. The number of hydrogen-bond acceptors (Lipinski definition) is 11. The number of fused-ring (bicyclic) bond motifs is 3. The third-order valence-electron chi connectivity index (χ3n) is 7.53. The maximum Gasteiger partial charge on any atom is 0.255 e. The van der Waals surface area contributed by atoms with Gasteiger partial charge in [0.2, 0.25) is 5.78 Å². The van der Waals surface area contributed by atoms with Crippen molar-refractivity contribution in [3.8, 4) is 5.75 Å². The Labute approximate surface area is 212 Å². The lowest BCUT2D eigenvalue weighted by Gasteiger charge is -2.52. The zero-order chi connectivity index (χ0) is 27.7. The molecule has 0 spiro atoms. The van der Waals surface area contributed by atoms with E-state index in [1.165, 1.54) is 37.2 Å². The van der Waals surface area contributed by atoms with E-state index in [-0.39, 0.29) is 23.2 Å². The lowest BCUT2D eigenvalue weighted by Crippen LogP contribution is -2.68. The van der Waals surface area contributed by atoms with Crippen molar-refractivity contribution in [2.45, 2.75) is 24.3 Å². The molecule has 7 N–H and O–H groups in total. The standard InChI is InChI=1S/C25H29N3O9/c1-9-11-7-6-10(8-28(4)37-5)18(29)13(11)19(30)14-12(9)20(31)16-17(27(2)3)21(32)15(24(26)35)23(34)25(16,36)22(14)33/h6-7,12,16-17,20,29,31-33,36H,1,8H2,2-5H3,(H2,26,35)/t12-,16-,17+,20+,25+/m1/s1. The van der Waals surface area contributed by atoms with Gasteiger partial charge >= 0.3 is 0 Å². The second kappa shape index (κ2) is 8.78. The number of ketones is 2. The van der Waals surface area contributed by atoms with Crippen LogP contribution in [0.3, 0.4) is 0 Å². The van der Waals surface area contributed by atoms with Gasteiger partial charge in [-0.2, -0.15) is 5.06 Å². The third-order valence-corrected chi connectivity index (χ3v) is 7.53. The molecule has 12 heteroatoms. The van der Waals surface area contributed by atoms with E-state index >= 15 is 0 Å². The molecule has 5 atom stereocenters. The van der Waals surface area contributed by atoms with Crippen molar-refractivity contribution < 1.29 is 44.8 Å². The van der Waals surface area contributed by atoms with Gasteiger partial charge in [-0.15, -0.1) is 0 Å². The Morgan fingerprint density at radius 1 is 1.19 bits per heavy atom. The fourth-order valence-corrected chi connectivity index (χ4v) is 5.73. The Kier molecular flexibility index (Phi) is 6.29. The van der Waals surface area contributed by atoms with Crippen LogP contribution in [0.1, 0.15) is 21.5 Å².